The minimum absolute atomic E-state index is 0.178. The number of hydrogen-bond donors (Lipinski definition) is 2. The molecule has 0 unspecified atom stereocenters. The average molecular weight is 611 g/mol. The lowest BCUT2D eigenvalue weighted by molar-refractivity contribution is -0.119. The predicted molar refractivity (Wildman–Crippen MR) is 195 cm³/mol. The number of amides is 2. The molecule has 252 valence electrons. The van der Waals surface area contributed by atoms with Gasteiger partial charge in [-0.05, 0) is 89.9 Å². The number of carbonyl (C=O) groups is 2. The molecule has 4 heteroatoms. The quantitative estimate of drug-likeness (QED) is 0.0626. The van der Waals surface area contributed by atoms with Crippen molar-refractivity contribution in [2.24, 2.45) is 11.5 Å². The fourth-order valence-electron chi connectivity index (χ4n) is 4.41. The Morgan fingerprint density at radius 2 is 0.614 bits per heavy atom. The normalized spacial score (nSPS) is 12.0. The van der Waals surface area contributed by atoms with Crippen LogP contribution >= 0.6 is 0 Å². The van der Waals surface area contributed by atoms with Gasteiger partial charge in [0.05, 0.1) is 0 Å². The molecule has 4 nitrogen and oxygen atoms in total. The van der Waals surface area contributed by atoms with Gasteiger partial charge in [0.15, 0.2) is 0 Å². The van der Waals surface area contributed by atoms with Crippen LogP contribution in [0.4, 0.5) is 0 Å². The number of hydrogen-bond acceptors (Lipinski definition) is 2. The molecular weight excluding hydrogens is 540 g/mol. The van der Waals surface area contributed by atoms with E-state index in [9.17, 15) is 9.59 Å². The summed E-state index contributed by atoms with van der Waals surface area (Å²) < 4.78 is 0. The second-order valence-corrected chi connectivity index (χ2v) is 11.6. The molecular formula is C40H70N2O2. The van der Waals surface area contributed by atoms with Gasteiger partial charge in [0.1, 0.15) is 0 Å². The van der Waals surface area contributed by atoms with E-state index in [0.717, 1.165) is 64.2 Å². The zero-order chi connectivity index (χ0) is 32.6. The van der Waals surface area contributed by atoms with E-state index in [4.69, 9.17) is 11.5 Å². The van der Waals surface area contributed by atoms with E-state index in [2.05, 4.69) is 86.8 Å². The first-order valence-corrected chi connectivity index (χ1v) is 18.0. The van der Waals surface area contributed by atoms with Crippen molar-refractivity contribution in [3.63, 3.8) is 0 Å². The monoisotopic (exact) mass is 611 g/mol. The van der Waals surface area contributed by atoms with Crippen LogP contribution in [-0.4, -0.2) is 11.8 Å². The maximum Gasteiger partial charge on any atom is 0.217 e. The van der Waals surface area contributed by atoms with Gasteiger partial charge in [-0.1, -0.05) is 138 Å². The fraction of sp³-hybridized carbons (Fsp3) is 0.650. The van der Waals surface area contributed by atoms with Crippen LogP contribution in [0.2, 0.25) is 0 Å². The lowest BCUT2D eigenvalue weighted by Crippen LogP contribution is -2.09. The van der Waals surface area contributed by atoms with Crippen LogP contribution in [-0.2, 0) is 9.59 Å². The summed E-state index contributed by atoms with van der Waals surface area (Å²) in [5, 5.41) is 0. The molecule has 0 saturated heterocycles. The van der Waals surface area contributed by atoms with Gasteiger partial charge in [0.2, 0.25) is 11.8 Å². The van der Waals surface area contributed by atoms with Gasteiger partial charge in [-0.3, -0.25) is 9.59 Å². The first kappa shape index (κ1) is 43.5. The Kier molecular flexibility index (Phi) is 39.9. The maximum absolute atomic E-state index is 10.6. The molecule has 0 aliphatic heterocycles. The topological polar surface area (TPSA) is 86.2 Å². The number of rotatable bonds is 30. The first-order chi connectivity index (χ1) is 21.5. The molecule has 0 aromatic rings. The van der Waals surface area contributed by atoms with E-state index in [0.29, 0.717) is 12.8 Å². The molecule has 0 aromatic heterocycles. The summed E-state index contributed by atoms with van der Waals surface area (Å²) >= 11 is 0. The van der Waals surface area contributed by atoms with Gasteiger partial charge < -0.3 is 11.5 Å². The number of nitrogens with two attached hydrogens (primary N) is 2. The van der Waals surface area contributed by atoms with E-state index < -0.39 is 0 Å². The van der Waals surface area contributed by atoms with Crippen molar-refractivity contribution in [3.05, 3.63) is 72.9 Å². The molecule has 0 rings (SSSR count). The van der Waals surface area contributed by atoms with Crippen molar-refractivity contribution in [3.8, 4) is 0 Å². The Hall–Kier alpha value is -2.62. The summed E-state index contributed by atoms with van der Waals surface area (Å²) in [5.41, 5.74) is 10.2. The standard InChI is InChI=1S/2C20H35NO/c2*1-2-3-4-5-6-7-8-9-10-11-12-13-14-15-16-17-18-19-20(21)22/h2*6-7,9-10,12-13H,2-5,8,11,14-19H2,1H3,(H2,21,22). The highest BCUT2D eigenvalue weighted by Gasteiger charge is 1.94. The number of unbranched alkanes of at least 4 members (excludes halogenated alkanes) is 14. The van der Waals surface area contributed by atoms with E-state index in [1.165, 1.54) is 77.0 Å². The van der Waals surface area contributed by atoms with E-state index in [-0.39, 0.29) is 11.8 Å². The van der Waals surface area contributed by atoms with E-state index in [1.807, 2.05) is 0 Å². The van der Waals surface area contributed by atoms with Crippen LogP contribution in [0.5, 0.6) is 0 Å². The Morgan fingerprint density at radius 3 is 0.886 bits per heavy atom. The summed E-state index contributed by atoms with van der Waals surface area (Å²) in [6, 6.07) is 0. The average Bonchev–Trinajstić information content (AvgIpc) is 3.00. The molecule has 0 saturated carbocycles. The Balaban J connectivity index is 0. The van der Waals surface area contributed by atoms with Crippen molar-refractivity contribution in [1.82, 2.24) is 0 Å². The fourth-order valence-corrected chi connectivity index (χ4v) is 4.41. The maximum atomic E-state index is 10.6. The van der Waals surface area contributed by atoms with Crippen LogP contribution < -0.4 is 11.5 Å². The molecule has 0 bridgehead atoms. The Morgan fingerprint density at radius 1 is 0.364 bits per heavy atom. The minimum atomic E-state index is -0.178. The molecule has 0 radical (unpaired) electrons. The van der Waals surface area contributed by atoms with Gasteiger partial charge in [-0.2, -0.15) is 0 Å². The van der Waals surface area contributed by atoms with Gasteiger partial charge in [0.25, 0.3) is 0 Å². The number of allylic oxidation sites excluding steroid dienone is 12. The zero-order valence-electron chi connectivity index (χ0n) is 28.9. The van der Waals surface area contributed by atoms with Crippen molar-refractivity contribution < 1.29 is 9.59 Å². The second-order valence-electron chi connectivity index (χ2n) is 11.6. The zero-order valence-corrected chi connectivity index (χ0v) is 28.9. The third kappa shape index (κ3) is 46.3. The van der Waals surface area contributed by atoms with Gasteiger partial charge in [-0.15, -0.1) is 0 Å². The number of primary amides is 2. The third-order valence-electron chi connectivity index (χ3n) is 7.13. The smallest absolute Gasteiger partial charge is 0.217 e. The van der Waals surface area contributed by atoms with E-state index >= 15 is 0 Å². The number of carbonyl (C=O) groups excluding carboxylic acids is 2. The largest absolute Gasteiger partial charge is 0.370 e. The molecule has 0 spiro atoms. The van der Waals surface area contributed by atoms with Crippen molar-refractivity contribution >= 4 is 11.8 Å². The van der Waals surface area contributed by atoms with Crippen LogP contribution in [0.25, 0.3) is 0 Å². The predicted octanol–water partition coefficient (Wildman–Crippen LogP) is 11.7. The molecule has 44 heavy (non-hydrogen) atoms. The highest BCUT2D eigenvalue weighted by Crippen LogP contribution is 2.07. The lowest BCUT2D eigenvalue weighted by atomic mass is 10.1. The molecule has 2 amide bonds. The molecule has 0 atom stereocenters. The summed E-state index contributed by atoms with van der Waals surface area (Å²) in [5.74, 6) is -0.357. The summed E-state index contributed by atoms with van der Waals surface area (Å²) in [4.78, 5) is 21.1. The third-order valence-corrected chi connectivity index (χ3v) is 7.13. The van der Waals surface area contributed by atoms with Crippen LogP contribution in [0.3, 0.4) is 0 Å². The highest BCUT2D eigenvalue weighted by atomic mass is 16.1. The lowest BCUT2D eigenvalue weighted by Gasteiger charge is -1.97. The van der Waals surface area contributed by atoms with Crippen molar-refractivity contribution in [2.75, 3.05) is 0 Å². The van der Waals surface area contributed by atoms with Crippen LogP contribution in [0.15, 0.2) is 72.9 Å². The van der Waals surface area contributed by atoms with Gasteiger partial charge >= 0.3 is 0 Å². The van der Waals surface area contributed by atoms with E-state index in [1.54, 1.807) is 0 Å². The Bertz CT molecular complexity index is 723. The summed E-state index contributed by atoms with van der Waals surface area (Å²) in [7, 11) is 0. The molecule has 0 heterocycles. The molecule has 0 aliphatic rings. The van der Waals surface area contributed by atoms with Gasteiger partial charge in [0, 0.05) is 12.8 Å². The molecule has 0 aromatic carbocycles. The molecule has 4 N–H and O–H groups in total. The minimum Gasteiger partial charge on any atom is -0.370 e. The highest BCUT2D eigenvalue weighted by molar-refractivity contribution is 5.73. The SMILES string of the molecule is CCCCCC=CCC=CCC=CCCCCCCC(N)=O.CCCCCC=CCC=CCC=CCCCCCCC(N)=O. The first-order valence-electron chi connectivity index (χ1n) is 18.0. The molecule has 0 aliphatic carbocycles. The van der Waals surface area contributed by atoms with Crippen LogP contribution in [0, 0.1) is 0 Å². The molecule has 0 fully saturated rings. The van der Waals surface area contributed by atoms with Crippen molar-refractivity contribution in [2.45, 2.75) is 168 Å². The van der Waals surface area contributed by atoms with Crippen LogP contribution in [0.1, 0.15) is 168 Å². The van der Waals surface area contributed by atoms with Gasteiger partial charge in [-0.25, -0.2) is 0 Å². The second kappa shape index (κ2) is 40.4. The van der Waals surface area contributed by atoms with Crippen molar-refractivity contribution in [1.29, 1.82) is 0 Å². The summed E-state index contributed by atoms with van der Waals surface area (Å²) in [6.45, 7) is 4.48. The Labute approximate surface area is 273 Å². The summed E-state index contributed by atoms with van der Waals surface area (Å²) in [6.07, 6.45) is 53.9.